The molecule has 1 aliphatic heterocycles. The lowest BCUT2D eigenvalue weighted by molar-refractivity contribution is -0.133. The highest BCUT2D eigenvalue weighted by molar-refractivity contribution is 6.04. The minimum absolute atomic E-state index is 0.00454. The molecule has 5 rings (SSSR count). The molecule has 5 N–H and O–H groups in total. The van der Waals surface area contributed by atoms with E-state index in [-0.39, 0.29) is 42.7 Å². The number of rotatable bonds is 5. The van der Waals surface area contributed by atoms with Gasteiger partial charge in [-0.15, -0.1) is 0 Å². The molecule has 5 amide bonds. The normalized spacial score (nSPS) is 20.5. The number of aromatic nitrogens is 4. The third-order valence-electron chi connectivity index (χ3n) is 8.04. The van der Waals surface area contributed by atoms with Gasteiger partial charge in [0.1, 0.15) is 18.1 Å². The largest absolute Gasteiger partial charge is 0.391 e. The van der Waals surface area contributed by atoms with Crippen LogP contribution in [0.3, 0.4) is 0 Å². The highest BCUT2D eigenvalue weighted by atomic mass is 16.5. The zero-order valence-corrected chi connectivity index (χ0v) is 27.5. The van der Waals surface area contributed by atoms with Crippen molar-refractivity contribution in [1.82, 2.24) is 46.1 Å². The first-order valence-electron chi connectivity index (χ1n) is 15.9. The Bertz CT molecular complexity index is 1840. The Hall–Kier alpha value is -5.64. The highest BCUT2D eigenvalue weighted by Gasteiger charge is 2.32. The van der Waals surface area contributed by atoms with Gasteiger partial charge in [0.2, 0.25) is 17.7 Å². The number of aliphatic hydroxyl groups is 1. The number of hydrogen-bond donors (Lipinski definition) is 5. The van der Waals surface area contributed by atoms with Gasteiger partial charge in [0.15, 0.2) is 22.8 Å². The fraction of sp³-hybridized carbons (Fsp3) is 0.394. The standard InChI is InChI=1S/C33H39N9O7/c1-18(2)25-31(46)35-13-14-41(33(48)27-23-11-8-12-34-28(23)42(39-27)16-21-9-6-5-7-10-21)17-22-15-24(40-49-22)30(45)38-26(20(4)43)32(47)36-19(3)29(44)37-25/h5-12,15,18-20,25-26,43H,13-14,16-17H2,1-4H3,(H,35,46)(H,36,47)(H,37,44)(H,38,45)/t19-,20+,25-,26-/m0/s1. The lowest BCUT2D eigenvalue weighted by Gasteiger charge is -2.26. The predicted molar refractivity (Wildman–Crippen MR) is 175 cm³/mol. The third-order valence-corrected chi connectivity index (χ3v) is 8.04. The second-order valence-electron chi connectivity index (χ2n) is 12.2. The number of aliphatic hydroxyl groups excluding tert-OH is 1. The number of nitrogens with zero attached hydrogens (tertiary/aromatic N) is 5. The maximum atomic E-state index is 14.2. The van der Waals surface area contributed by atoms with Crippen LogP contribution in [0.1, 0.15) is 60.0 Å². The Morgan fingerprint density at radius 1 is 0.980 bits per heavy atom. The van der Waals surface area contributed by atoms with E-state index in [1.54, 1.807) is 36.9 Å². The minimum atomic E-state index is -1.45. The molecule has 0 spiro atoms. The van der Waals surface area contributed by atoms with E-state index in [2.05, 4.69) is 36.5 Å². The summed E-state index contributed by atoms with van der Waals surface area (Å²) in [6, 6.07) is 10.8. The van der Waals surface area contributed by atoms with E-state index in [1.165, 1.54) is 24.8 Å². The molecule has 16 heteroatoms. The van der Waals surface area contributed by atoms with Gasteiger partial charge in [0.05, 0.1) is 24.6 Å². The summed E-state index contributed by atoms with van der Waals surface area (Å²) in [5.74, 6) is -3.49. The van der Waals surface area contributed by atoms with Gasteiger partial charge < -0.3 is 35.8 Å². The second kappa shape index (κ2) is 15.1. The molecule has 3 aromatic heterocycles. The number of hydrogen-bond acceptors (Lipinski definition) is 10. The number of fused-ring (bicyclic) bond motifs is 3. The molecule has 258 valence electrons. The van der Waals surface area contributed by atoms with E-state index in [0.29, 0.717) is 17.6 Å². The highest BCUT2D eigenvalue weighted by Crippen LogP contribution is 2.21. The van der Waals surface area contributed by atoms with E-state index in [9.17, 15) is 29.1 Å². The van der Waals surface area contributed by atoms with Crippen molar-refractivity contribution < 1.29 is 33.6 Å². The molecular weight excluding hydrogens is 634 g/mol. The van der Waals surface area contributed by atoms with Gasteiger partial charge in [-0.25, -0.2) is 9.67 Å². The average Bonchev–Trinajstić information content (AvgIpc) is 3.69. The lowest BCUT2D eigenvalue weighted by atomic mass is 10.0. The predicted octanol–water partition coefficient (Wildman–Crippen LogP) is 0.365. The quantitative estimate of drug-likeness (QED) is 0.196. The van der Waals surface area contributed by atoms with Gasteiger partial charge in [-0.2, -0.15) is 5.10 Å². The van der Waals surface area contributed by atoms with Crippen LogP contribution in [-0.4, -0.2) is 96.8 Å². The molecule has 0 unspecified atom stereocenters. The summed E-state index contributed by atoms with van der Waals surface area (Å²) >= 11 is 0. The van der Waals surface area contributed by atoms with Crippen molar-refractivity contribution >= 4 is 40.6 Å². The van der Waals surface area contributed by atoms with Gasteiger partial charge in [-0.05, 0) is 37.5 Å². The Morgan fingerprint density at radius 3 is 2.45 bits per heavy atom. The van der Waals surface area contributed by atoms with Crippen molar-refractivity contribution in [2.24, 2.45) is 5.92 Å². The molecule has 49 heavy (non-hydrogen) atoms. The molecule has 0 saturated carbocycles. The van der Waals surface area contributed by atoms with Crippen LogP contribution in [0.4, 0.5) is 0 Å². The summed E-state index contributed by atoms with van der Waals surface area (Å²) in [7, 11) is 0. The van der Waals surface area contributed by atoms with Crippen molar-refractivity contribution in [2.75, 3.05) is 13.1 Å². The number of nitrogens with one attached hydrogen (secondary N) is 4. The molecule has 16 nitrogen and oxygen atoms in total. The zero-order valence-electron chi connectivity index (χ0n) is 27.5. The molecule has 1 aliphatic rings. The smallest absolute Gasteiger partial charge is 0.275 e. The van der Waals surface area contributed by atoms with Crippen LogP contribution in [0.15, 0.2) is 59.3 Å². The fourth-order valence-electron chi connectivity index (χ4n) is 5.35. The fourth-order valence-corrected chi connectivity index (χ4v) is 5.35. The van der Waals surface area contributed by atoms with Crippen molar-refractivity contribution in [3.63, 3.8) is 0 Å². The van der Waals surface area contributed by atoms with E-state index in [0.717, 1.165) is 5.56 Å². The van der Waals surface area contributed by atoms with Crippen LogP contribution in [-0.2, 0) is 27.5 Å². The summed E-state index contributed by atoms with van der Waals surface area (Å²) in [5.41, 5.74) is 1.38. The van der Waals surface area contributed by atoms with E-state index >= 15 is 0 Å². The monoisotopic (exact) mass is 673 g/mol. The number of carbonyl (C=O) groups excluding carboxylic acids is 5. The summed E-state index contributed by atoms with van der Waals surface area (Å²) in [4.78, 5) is 72.5. The first-order valence-corrected chi connectivity index (χ1v) is 15.9. The average molecular weight is 674 g/mol. The Balaban J connectivity index is 1.48. The van der Waals surface area contributed by atoms with Crippen LogP contribution < -0.4 is 21.3 Å². The molecule has 0 fully saturated rings. The maximum Gasteiger partial charge on any atom is 0.275 e. The van der Waals surface area contributed by atoms with E-state index in [1.807, 2.05) is 30.3 Å². The molecule has 4 atom stereocenters. The van der Waals surface area contributed by atoms with Crippen LogP contribution in [0.2, 0.25) is 0 Å². The third kappa shape index (κ3) is 8.09. The summed E-state index contributed by atoms with van der Waals surface area (Å²) in [6.07, 6.45) is 0.272. The second-order valence-corrected chi connectivity index (χ2v) is 12.2. The number of benzene rings is 1. The van der Waals surface area contributed by atoms with Gasteiger partial charge in [0, 0.05) is 25.4 Å². The van der Waals surface area contributed by atoms with Gasteiger partial charge in [-0.1, -0.05) is 49.3 Å². The number of amides is 5. The van der Waals surface area contributed by atoms with Crippen LogP contribution in [0, 0.1) is 5.92 Å². The van der Waals surface area contributed by atoms with E-state index in [4.69, 9.17) is 4.52 Å². The van der Waals surface area contributed by atoms with Crippen molar-refractivity contribution in [3.8, 4) is 0 Å². The molecular formula is C33H39N9O7. The number of carbonyl (C=O) groups is 5. The van der Waals surface area contributed by atoms with Gasteiger partial charge >= 0.3 is 0 Å². The summed E-state index contributed by atoms with van der Waals surface area (Å²) < 4.78 is 7.06. The molecule has 4 heterocycles. The number of pyridine rings is 1. The van der Waals surface area contributed by atoms with Crippen molar-refractivity contribution in [2.45, 2.75) is 65.0 Å². The van der Waals surface area contributed by atoms with Gasteiger partial charge in [-0.3, -0.25) is 24.0 Å². The van der Waals surface area contributed by atoms with Crippen LogP contribution >= 0.6 is 0 Å². The Kier molecular flexibility index (Phi) is 10.7. The molecule has 0 aliphatic carbocycles. The van der Waals surface area contributed by atoms with E-state index < -0.39 is 53.8 Å². The minimum Gasteiger partial charge on any atom is -0.391 e. The molecule has 1 aromatic carbocycles. The molecule has 0 radical (unpaired) electrons. The molecule has 2 bridgehead atoms. The topological polar surface area (TPSA) is 214 Å². The summed E-state index contributed by atoms with van der Waals surface area (Å²) in [5, 5.41) is 29.6. The van der Waals surface area contributed by atoms with Crippen LogP contribution in [0.5, 0.6) is 0 Å². The Labute approximate surface area is 281 Å². The first-order chi connectivity index (χ1) is 23.4. The van der Waals surface area contributed by atoms with Crippen molar-refractivity contribution in [1.29, 1.82) is 0 Å². The van der Waals surface area contributed by atoms with Gasteiger partial charge in [0.25, 0.3) is 11.8 Å². The Morgan fingerprint density at radius 2 is 1.73 bits per heavy atom. The van der Waals surface area contributed by atoms with Crippen molar-refractivity contribution in [3.05, 3.63) is 77.4 Å². The lowest BCUT2D eigenvalue weighted by Crippen LogP contribution is -2.58. The maximum absolute atomic E-state index is 14.2. The summed E-state index contributed by atoms with van der Waals surface area (Å²) in [6.45, 7) is 6.41. The van der Waals surface area contributed by atoms with Crippen LogP contribution in [0.25, 0.3) is 11.0 Å². The SMILES string of the molecule is CC(C)[C@@H]1NC(=O)[C@H](C)NC(=O)[C@H]([C@@H](C)O)NC(=O)c2cc(on2)CN(C(=O)c2nn(Cc3ccccc3)c3ncccc23)CCNC1=O. The molecule has 4 aromatic rings. The first kappa shape index (κ1) is 34.7. The zero-order chi connectivity index (χ0) is 35.2. The molecule has 0 saturated heterocycles.